The van der Waals surface area contributed by atoms with Gasteiger partial charge in [0.15, 0.2) is 5.78 Å². The predicted octanol–water partition coefficient (Wildman–Crippen LogP) is 3.64. The van der Waals surface area contributed by atoms with Gasteiger partial charge < -0.3 is 9.30 Å². The molecule has 4 rings (SSSR count). The van der Waals surface area contributed by atoms with E-state index in [9.17, 15) is 9.59 Å². The minimum Gasteiger partial charge on any atom is -0.497 e. The van der Waals surface area contributed by atoms with Gasteiger partial charge in [-0.25, -0.2) is 4.68 Å². The molecule has 6 nitrogen and oxygen atoms in total. The summed E-state index contributed by atoms with van der Waals surface area (Å²) < 4.78 is 8.60. The van der Waals surface area contributed by atoms with Gasteiger partial charge in [-0.2, -0.15) is 5.10 Å². The molecule has 0 N–H and O–H groups in total. The molecule has 0 atom stereocenters. The first-order valence-electron chi connectivity index (χ1n) is 9.70. The van der Waals surface area contributed by atoms with Gasteiger partial charge in [-0.05, 0) is 49.2 Å². The fraction of sp³-hybridized carbons (Fsp3) is 0.208. The van der Waals surface area contributed by atoms with Crippen molar-refractivity contribution in [3.63, 3.8) is 0 Å². The smallest absolute Gasteiger partial charge is 0.276 e. The number of benzene rings is 2. The Balaban J connectivity index is 1.63. The number of rotatable bonds is 5. The first-order valence-corrected chi connectivity index (χ1v) is 9.70. The van der Waals surface area contributed by atoms with Gasteiger partial charge in [0.1, 0.15) is 5.75 Å². The lowest BCUT2D eigenvalue weighted by Crippen LogP contribution is -2.19. The third-order valence-corrected chi connectivity index (χ3v) is 5.64. The molecule has 2 heterocycles. The van der Waals surface area contributed by atoms with Crippen LogP contribution in [-0.4, -0.2) is 27.2 Å². The third-order valence-electron chi connectivity index (χ3n) is 5.64. The maximum Gasteiger partial charge on any atom is 0.276 e. The van der Waals surface area contributed by atoms with Gasteiger partial charge in [-0.1, -0.05) is 24.3 Å². The first kappa shape index (κ1) is 19.6. The minimum absolute atomic E-state index is 0.0321. The number of carbonyl (C=O) groups is 1. The van der Waals surface area contributed by atoms with Crippen LogP contribution in [0.2, 0.25) is 0 Å². The molecular formula is C24H23N3O3. The second-order valence-electron chi connectivity index (χ2n) is 7.38. The number of ether oxygens (including phenoxy) is 1. The van der Waals surface area contributed by atoms with Crippen LogP contribution >= 0.6 is 0 Å². The monoisotopic (exact) mass is 401 g/mol. The van der Waals surface area contributed by atoms with Crippen molar-refractivity contribution >= 4 is 16.7 Å². The number of aryl methyl sites for hydroxylation is 2. The Hall–Kier alpha value is -3.67. The fourth-order valence-corrected chi connectivity index (χ4v) is 3.71. The van der Waals surface area contributed by atoms with Crippen molar-refractivity contribution in [3.05, 3.63) is 93.0 Å². The molecule has 0 radical (unpaired) electrons. The van der Waals surface area contributed by atoms with Crippen molar-refractivity contribution in [2.45, 2.75) is 20.4 Å². The van der Waals surface area contributed by atoms with Crippen molar-refractivity contribution < 1.29 is 9.53 Å². The maximum absolute atomic E-state index is 12.7. The van der Waals surface area contributed by atoms with Crippen molar-refractivity contribution in [1.82, 2.24) is 14.3 Å². The van der Waals surface area contributed by atoms with Crippen molar-refractivity contribution in [2.75, 3.05) is 7.11 Å². The van der Waals surface area contributed by atoms with Crippen molar-refractivity contribution in [3.8, 4) is 5.75 Å². The molecular weight excluding hydrogens is 378 g/mol. The molecule has 0 aliphatic heterocycles. The first-order chi connectivity index (χ1) is 14.4. The summed E-state index contributed by atoms with van der Waals surface area (Å²) in [6.07, 6.45) is 1.73. The maximum atomic E-state index is 12.7. The Bertz CT molecular complexity index is 1300. The van der Waals surface area contributed by atoms with E-state index in [1.54, 1.807) is 44.6 Å². The molecule has 152 valence electrons. The molecule has 4 aromatic rings. The van der Waals surface area contributed by atoms with E-state index in [0.29, 0.717) is 23.1 Å². The van der Waals surface area contributed by atoms with Crippen LogP contribution in [0.3, 0.4) is 0 Å². The van der Waals surface area contributed by atoms with Gasteiger partial charge in [-0.15, -0.1) is 0 Å². The molecule has 2 aromatic heterocycles. The van der Waals surface area contributed by atoms with Crippen molar-refractivity contribution in [1.29, 1.82) is 0 Å². The molecule has 0 bridgehead atoms. The zero-order chi connectivity index (χ0) is 21.4. The molecule has 0 unspecified atom stereocenters. The van der Waals surface area contributed by atoms with Crippen molar-refractivity contribution in [2.24, 2.45) is 7.05 Å². The summed E-state index contributed by atoms with van der Waals surface area (Å²) in [6, 6.07) is 14.7. The number of methoxy groups -OCH3 is 1. The zero-order valence-electron chi connectivity index (χ0n) is 17.5. The molecule has 0 amide bonds. The number of aromatic nitrogens is 3. The number of hydrogen-bond donors (Lipinski definition) is 0. The van der Waals surface area contributed by atoms with E-state index in [-0.39, 0.29) is 11.3 Å². The summed E-state index contributed by atoms with van der Waals surface area (Å²) >= 11 is 0. The average Bonchev–Trinajstić information content (AvgIpc) is 3.01. The average molecular weight is 401 g/mol. The predicted molar refractivity (Wildman–Crippen MR) is 116 cm³/mol. The summed E-state index contributed by atoms with van der Waals surface area (Å²) in [7, 11) is 3.26. The lowest BCUT2D eigenvalue weighted by molar-refractivity contribution is 0.103. The van der Waals surface area contributed by atoms with Gasteiger partial charge in [0, 0.05) is 30.4 Å². The van der Waals surface area contributed by atoms with E-state index in [0.717, 1.165) is 28.1 Å². The van der Waals surface area contributed by atoms with E-state index < -0.39 is 0 Å². The van der Waals surface area contributed by atoms with Gasteiger partial charge in [0.05, 0.1) is 24.2 Å². The van der Waals surface area contributed by atoms with Crippen LogP contribution in [-0.2, 0) is 13.6 Å². The van der Waals surface area contributed by atoms with Crippen LogP contribution in [0, 0.1) is 13.8 Å². The lowest BCUT2D eigenvalue weighted by atomic mass is 10.0. The van der Waals surface area contributed by atoms with Crippen LogP contribution in [0.1, 0.15) is 32.7 Å². The Morgan fingerprint density at radius 1 is 1.00 bits per heavy atom. The van der Waals surface area contributed by atoms with Crippen LogP contribution in [0.4, 0.5) is 0 Å². The Kier molecular flexibility index (Phi) is 4.99. The highest BCUT2D eigenvalue weighted by molar-refractivity contribution is 6.09. The molecule has 0 spiro atoms. The molecule has 0 saturated carbocycles. The topological polar surface area (TPSA) is 66.1 Å². The largest absolute Gasteiger partial charge is 0.497 e. The Morgan fingerprint density at radius 2 is 1.60 bits per heavy atom. The van der Waals surface area contributed by atoms with Gasteiger partial charge >= 0.3 is 0 Å². The lowest BCUT2D eigenvalue weighted by Gasteiger charge is -2.10. The summed E-state index contributed by atoms with van der Waals surface area (Å²) in [5, 5.41) is 4.88. The number of carbonyl (C=O) groups excluding carboxylic acids is 1. The normalized spacial score (nSPS) is 11.1. The summed E-state index contributed by atoms with van der Waals surface area (Å²) in [6.45, 7) is 4.57. The van der Waals surface area contributed by atoms with E-state index in [1.807, 2.05) is 38.1 Å². The molecule has 6 heteroatoms. The van der Waals surface area contributed by atoms with Crippen LogP contribution in [0.15, 0.2) is 59.5 Å². The molecule has 0 aliphatic carbocycles. The SMILES string of the molecule is COc1ccc(C(=O)c2ccc(Cn3c(C)c(C)c4c(=O)n(C)ncc43)cc2)cc1. The van der Waals surface area contributed by atoms with Crippen LogP contribution < -0.4 is 10.3 Å². The van der Waals surface area contributed by atoms with Gasteiger partial charge in [-0.3, -0.25) is 9.59 Å². The molecule has 0 fully saturated rings. The highest BCUT2D eigenvalue weighted by Crippen LogP contribution is 2.23. The van der Waals surface area contributed by atoms with Crippen LogP contribution in [0.25, 0.3) is 10.9 Å². The number of ketones is 1. The fourth-order valence-electron chi connectivity index (χ4n) is 3.71. The second kappa shape index (κ2) is 7.63. The number of hydrogen-bond acceptors (Lipinski definition) is 4. The minimum atomic E-state index is -0.0905. The number of fused-ring (bicyclic) bond motifs is 1. The zero-order valence-corrected chi connectivity index (χ0v) is 17.5. The molecule has 0 saturated heterocycles. The quantitative estimate of drug-likeness (QED) is 0.479. The molecule has 30 heavy (non-hydrogen) atoms. The van der Waals surface area contributed by atoms with Gasteiger partial charge in [0.25, 0.3) is 5.56 Å². The summed E-state index contributed by atoms with van der Waals surface area (Å²) in [4.78, 5) is 25.2. The summed E-state index contributed by atoms with van der Waals surface area (Å²) in [5.74, 6) is 0.686. The van der Waals surface area contributed by atoms with E-state index in [1.165, 1.54) is 4.68 Å². The summed E-state index contributed by atoms with van der Waals surface area (Å²) in [5.41, 5.74) is 5.03. The van der Waals surface area contributed by atoms with E-state index in [4.69, 9.17) is 4.74 Å². The van der Waals surface area contributed by atoms with E-state index in [2.05, 4.69) is 9.67 Å². The Labute approximate surface area is 174 Å². The highest BCUT2D eigenvalue weighted by Gasteiger charge is 2.16. The number of nitrogens with zero attached hydrogens (tertiary/aromatic N) is 3. The Morgan fingerprint density at radius 3 is 2.20 bits per heavy atom. The third kappa shape index (κ3) is 3.30. The van der Waals surface area contributed by atoms with E-state index >= 15 is 0 Å². The highest BCUT2D eigenvalue weighted by atomic mass is 16.5. The standard InChI is InChI=1S/C24H23N3O3/c1-15-16(2)27(21-13-25-26(3)24(29)22(15)21)14-17-5-7-18(8-6-17)23(28)19-9-11-20(30-4)12-10-19/h5-13H,14H2,1-4H3. The van der Waals surface area contributed by atoms with Crippen LogP contribution in [0.5, 0.6) is 5.75 Å². The molecule has 2 aromatic carbocycles. The molecule has 0 aliphatic rings. The second-order valence-corrected chi connectivity index (χ2v) is 7.38. The van der Waals surface area contributed by atoms with Gasteiger partial charge in [0.2, 0.25) is 0 Å².